The van der Waals surface area contributed by atoms with Crippen molar-refractivity contribution in [3.8, 4) is 0 Å². The third-order valence-electron chi connectivity index (χ3n) is 8.16. The Hall–Kier alpha value is -3.70. The van der Waals surface area contributed by atoms with Gasteiger partial charge in [0.15, 0.2) is 0 Å². The number of unbranched alkanes of at least 4 members (excludes halogenated alkanes) is 1. The van der Waals surface area contributed by atoms with Crippen LogP contribution < -0.4 is 5.56 Å². The molecule has 1 unspecified atom stereocenters. The Labute approximate surface area is 295 Å². The highest BCUT2D eigenvalue weighted by molar-refractivity contribution is 6.31. The molecule has 6 heteroatoms. The molecule has 0 saturated carbocycles. The molecular weight excluding hydrogens is 617 g/mol. The Bertz CT molecular complexity index is 1530. The molecule has 0 aliphatic heterocycles. The monoisotopic (exact) mass is 675 g/mol. The van der Waals surface area contributed by atoms with Gasteiger partial charge in [-0.15, -0.1) is 6.58 Å². The first kappa shape index (κ1) is 42.3. The smallest absolute Gasteiger partial charge is 0.290 e. The predicted molar refractivity (Wildman–Crippen MR) is 209 cm³/mol. The minimum absolute atomic E-state index is 0.0286. The first-order chi connectivity index (χ1) is 23.3. The van der Waals surface area contributed by atoms with Crippen molar-refractivity contribution >= 4 is 23.0 Å². The summed E-state index contributed by atoms with van der Waals surface area (Å²) in [5.41, 5.74) is 5.25. The van der Waals surface area contributed by atoms with Crippen LogP contribution in [0.4, 0.5) is 4.39 Å². The molecule has 2 aromatic carbocycles. The predicted octanol–water partition coefficient (Wildman–Crippen LogP) is 11.9. The Morgan fingerprint density at radius 3 is 2.15 bits per heavy atom. The number of hydrogen-bond donors (Lipinski definition) is 0. The topological polar surface area (TPSA) is 39.3 Å². The molecule has 1 aromatic heterocycles. The van der Waals surface area contributed by atoms with Crippen LogP contribution in [-0.2, 0) is 19.4 Å². The molecular formula is C42H59ClFN3O. The Kier molecular flexibility index (Phi) is 20.8. The SMILES string of the molecule is C=CC(CCC)(CCCC)C(=NC)c1ccccc1.CC.CCc1c(Cl)c(=O)n(C2=CC=CCC=C2)n1CC.CCc1ccc(F)cc1. The van der Waals surface area contributed by atoms with Gasteiger partial charge in [0.25, 0.3) is 5.56 Å². The second-order valence-corrected chi connectivity index (χ2v) is 11.6. The lowest BCUT2D eigenvalue weighted by atomic mass is 9.72. The van der Waals surface area contributed by atoms with Gasteiger partial charge in [-0.3, -0.25) is 14.5 Å². The summed E-state index contributed by atoms with van der Waals surface area (Å²) in [7, 11) is 1.90. The first-order valence-corrected chi connectivity index (χ1v) is 18.1. The van der Waals surface area contributed by atoms with E-state index in [-0.39, 0.29) is 16.8 Å². The number of halogens is 2. The van der Waals surface area contributed by atoms with Crippen molar-refractivity contribution in [3.63, 3.8) is 0 Å². The summed E-state index contributed by atoms with van der Waals surface area (Å²) in [5, 5.41) is 0.335. The molecule has 0 bridgehead atoms. The van der Waals surface area contributed by atoms with Gasteiger partial charge in [0.1, 0.15) is 10.8 Å². The van der Waals surface area contributed by atoms with Crippen LogP contribution in [-0.4, -0.2) is 22.1 Å². The molecule has 4 rings (SSSR count). The first-order valence-electron chi connectivity index (χ1n) is 17.7. The van der Waals surface area contributed by atoms with Gasteiger partial charge >= 0.3 is 0 Å². The van der Waals surface area contributed by atoms with E-state index in [4.69, 9.17) is 11.6 Å². The van der Waals surface area contributed by atoms with Gasteiger partial charge in [-0.2, -0.15) is 0 Å². The molecule has 48 heavy (non-hydrogen) atoms. The molecule has 1 aliphatic rings. The fourth-order valence-corrected chi connectivity index (χ4v) is 6.06. The van der Waals surface area contributed by atoms with E-state index in [1.165, 1.54) is 41.8 Å². The van der Waals surface area contributed by atoms with Crippen LogP contribution in [0.25, 0.3) is 5.70 Å². The van der Waals surface area contributed by atoms with Gasteiger partial charge in [0.05, 0.1) is 17.1 Å². The Morgan fingerprint density at radius 1 is 0.958 bits per heavy atom. The van der Waals surface area contributed by atoms with Crippen molar-refractivity contribution in [3.05, 3.63) is 136 Å². The normalized spacial score (nSPS) is 13.4. The molecule has 0 amide bonds. The molecule has 3 aromatic rings. The number of hydrogen-bond acceptors (Lipinski definition) is 2. The van der Waals surface area contributed by atoms with Crippen LogP contribution in [0, 0.1) is 11.2 Å². The molecule has 0 N–H and O–H groups in total. The molecule has 0 spiro atoms. The van der Waals surface area contributed by atoms with Crippen molar-refractivity contribution in [2.75, 3.05) is 7.05 Å². The van der Waals surface area contributed by atoms with Crippen molar-refractivity contribution in [1.29, 1.82) is 0 Å². The van der Waals surface area contributed by atoms with Gasteiger partial charge in [0.2, 0.25) is 0 Å². The van der Waals surface area contributed by atoms with Crippen LogP contribution in [0.3, 0.4) is 0 Å². The maximum absolute atomic E-state index is 12.3. The van der Waals surface area contributed by atoms with Crippen LogP contribution in [0.15, 0.2) is 107 Å². The van der Waals surface area contributed by atoms with E-state index in [9.17, 15) is 9.18 Å². The van der Waals surface area contributed by atoms with Crippen molar-refractivity contribution < 1.29 is 4.39 Å². The lowest BCUT2D eigenvalue weighted by molar-refractivity contribution is 0.426. The third kappa shape index (κ3) is 12.1. The number of rotatable bonds is 12. The van der Waals surface area contributed by atoms with Gasteiger partial charge in [-0.1, -0.05) is 139 Å². The standard InChI is InChI=1S/C18H27N.C14H17ClN2O.C8H9F.C2H6/c1-5-8-15-18(7-3,14-6-2)17(19-4)16-12-10-9-11-13-16;1-3-12-13(15)14(18)17(16(12)4-2)11-9-7-5-6-8-10-11;1-2-7-3-5-8(9)6-4-7;1-2/h7,9-13H,3,5-6,8,14-15H2,1-2,4H3;5,7-10H,3-4,6H2,1-2H3;3-6H,2H2,1H3;1-2H3. The van der Waals surface area contributed by atoms with E-state index in [2.05, 4.69) is 67.9 Å². The zero-order chi connectivity index (χ0) is 36.0. The average Bonchev–Trinajstić information content (AvgIpc) is 3.27. The minimum atomic E-state index is -0.160. The van der Waals surface area contributed by atoms with Crippen molar-refractivity contribution in [2.24, 2.45) is 10.4 Å². The molecule has 0 saturated heterocycles. The summed E-state index contributed by atoms with van der Waals surface area (Å²) in [6.45, 7) is 19.4. The molecule has 4 nitrogen and oxygen atoms in total. The van der Waals surface area contributed by atoms with Gasteiger partial charge < -0.3 is 0 Å². The number of aliphatic imine (C=N–C) groups is 1. The highest BCUT2D eigenvalue weighted by Gasteiger charge is 2.31. The minimum Gasteiger partial charge on any atom is -0.292 e. The summed E-state index contributed by atoms with van der Waals surface area (Å²) >= 11 is 6.13. The lowest BCUT2D eigenvalue weighted by Gasteiger charge is -2.32. The molecule has 0 fully saturated rings. The summed E-state index contributed by atoms with van der Waals surface area (Å²) in [6, 6.07) is 17.1. The zero-order valence-corrected chi connectivity index (χ0v) is 31.5. The quantitative estimate of drug-likeness (QED) is 0.139. The highest BCUT2D eigenvalue weighted by Crippen LogP contribution is 2.36. The van der Waals surface area contributed by atoms with Crippen LogP contribution in [0.5, 0.6) is 0 Å². The van der Waals surface area contributed by atoms with E-state index in [1.54, 1.807) is 16.8 Å². The zero-order valence-electron chi connectivity index (χ0n) is 30.7. The fraction of sp³-hybridized carbons (Fsp3) is 0.429. The van der Waals surface area contributed by atoms with Crippen molar-refractivity contribution in [2.45, 2.75) is 106 Å². The number of benzene rings is 2. The second kappa shape index (κ2) is 23.6. The van der Waals surface area contributed by atoms with E-state index < -0.39 is 0 Å². The largest absolute Gasteiger partial charge is 0.292 e. The van der Waals surface area contributed by atoms with Gasteiger partial charge in [-0.25, -0.2) is 9.07 Å². The number of nitrogens with zero attached hydrogens (tertiary/aromatic N) is 3. The maximum atomic E-state index is 12.3. The molecule has 1 atom stereocenters. The Balaban J connectivity index is 0.000000370. The number of allylic oxidation sites excluding steroid dienone is 7. The van der Waals surface area contributed by atoms with Gasteiger partial charge in [-0.05, 0) is 74.4 Å². The summed E-state index contributed by atoms with van der Waals surface area (Å²) in [5.74, 6) is -0.160. The third-order valence-corrected chi connectivity index (χ3v) is 8.54. The lowest BCUT2D eigenvalue weighted by Crippen LogP contribution is -2.30. The highest BCUT2D eigenvalue weighted by atomic mass is 35.5. The summed E-state index contributed by atoms with van der Waals surface area (Å²) in [4.78, 5) is 16.9. The van der Waals surface area contributed by atoms with Crippen LogP contribution in [0.1, 0.15) is 104 Å². The van der Waals surface area contributed by atoms with Crippen LogP contribution in [0.2, 0.25) is 5.02 Å². The van der Waals surface area contributed by atoms with Crippen LogP contribution >= 0.6 is 11.6 Å². The van der Waals surface area contributed by atoms with Crippen molar-refractivity contribution in [1.82, 2.24) is 9.36 Å². The average molecular weight is 676 g/mol. The maximum Gasteiger partial charge on any atom is 0.290 e. The summed E-state index contributed by atoms with van der Waals surface area (Å²) in [6.07, 6.45) is 20.5. The molecule has 0 radical (unpaired) electrons. The Morgan fingerprint density at radius 2 is 1.62 bits per heavy atom. The fourth-order valence-electron chi connectivity index (χ4n) is 5.75. The second-order valence-electron chi connectivity index (χ2n) is 11.2. The number of aryl methyl sites for hydroxylation is 1. The summed E-state index contributed by atoms with van der Waals surface area (Å²) < 4.78 is 15.8. The van der Waals surface area contributed by atoms with E-state index >= 15 is 0 Å². The van der Waals surface area contributed by atoms with E-state index in [0.717, 1.165) is 56.5 Å². The van der Waals surface area contributed by atoms with Gasteiger partial charge in [0, 0.05) is 19.0 Å². The van der Waals surface area contributed by atoms with E-state index in [1.807, 2.05) is 70.7 Å². The van der Waals surface area contributed by atoms with E-state index in [0.29, 0.717) is 5.02 Å². The molecule has 262 valence electrons. The number of aromatic nitrogens is 2. The molecule has 1 aliphatic carbocycles. The molecule has 1 heterocycles.